The third-order valence-electron chi connectivity index (χ3n) is 5.56. The first-order chi connectivity index (χ1) is 15.0. The number of benzene rings is 3. The minimum Gasteiger partial charge on any atom is -0.322 e. The number of carbonyl (C=O) groups is 3. The van der Waals surface area contributed by atoms with Crippen LogP contribution in [0.4, 0.5) is 10.5 Å². The van der Waals surface area contributed by atoms with Crippen LogP contribution in [-0.4, -0.2) is 22.7 Å². The van der Waals surface area contributed by atoms with E-state index in [0.717, 1.165) is 11.1 Å². The van der Waals surface area contributed by atoms with E-state index in [4.69, 9.17) is 0 Å². The van der Waals surface area contributed by atoms with Crippen LogP contribution in [0.15, 0.2) is 84.9 Å². The molecule has 0 aromatic heterocycles. The smallest absolute Gasteiger partial charge is 0.322 e. The third kappa shape index (κ3) is 3.92. The molecule has 1 atom stereocenters. The van der Waals surface area contributed by atoms with E-state index in [1.165, 1.54) is 4.90 Å². The summed E-state index contributed by atoms with van der Waals surface area (Å²) in [6.45, 7) is 2.02. The highest BCUT2D eigenvalue weighted by Crippen LogP contribution is 2.33. The monoisotopic (exact) mass is 413 g/mol. The first-order valence-corrected chi connectivity index (χ1v) is 10.2. The number of para-hydroxylation sites is 1. The Morgan fingerprint density at radius 1 is 0.903 bits per heavy atom. The van der Waals surface area contributed by atoms with E-state index in [1.807, 2.05) is 67.6 Å². The van der Waals surface area contributed by atoms with Gasteiger partial charge in [0.25, 0.3) is 11.8 Å². The predicted octanol–water partition coefficient (Wildman–Crippen LogP) is 4.30. The number of rotatable bonds is 6. The maximum Gasteiger partial charge on any atom is 0.325 e. The van der Waals surface area contributed by atoms with E-state index in [9.17, 15) is 14.4 Å². The Morgan fingerprint density at radius 2 is 1.52 bits per heavy atom. The molecule has 1 aliphatic heterocycles. The summed E-state index contributed by atoms with van der Waals surface area (Å²) in [5, 5.41) is 5.72. The van der Waals surface area contributed by atoms with Gasteiger partial charge in [-0.3, -0.25) is 14.5 Å². The molecule has 2 N–H and O–H groups in total. The lowest BCUT2D eigenvalue weighted by Crippen LogP contribution is -2.43. The van der Waals surface area contributed by atoms with Crippen LogP contribution in [0.5, 0.6) is 0 Å². The molecule has 4 rings (SSSR count). The standard InChI is InChI=1S/C25H23N3O3/c1-2-25(20-9-5-3-6-10-20)23(30)28(24(31)27-25)17-18-13-15-19(16-14-18)22(29)26-21-11-7-4-8-12-21/h3-16H,2,17H2,1H3,(H,26,29)(H,27,31)/t25-/m1/s1. The molecular formula is C25H23N3O3. The maximum atomic E-state index is 13.2. The van der Waals surface area contributed by atoms with Crippen molar-refractivity contribution in [3.63, 3.8) is 0 Å². The van der Waals surface area contributed by atoms with Crippen LogP contribution in [0, 0.1) is 0 Å². The fourth-order valence-corrected chi connectivity index (χ4v) is 3.80. The number of amides is 4. The number of hydrogen-bond acceptors (Lipinski definition) is 3. The van der Waals surface area contributed by atoms with Crippen LogP contribution < -0.4 is 10.6 Å². The van der Waals surface area contributed by atoms with Gasteiger partial charge in [-0.05, 0) is 41.8 Å². The van der Waals surface area contributed by atoms with Gasteiger partial charge in [0.1, 0.15) is 5.54 Å². The Kier molecular flexibility index (Phi) is 5.54. The van der Waals surface area contributed by atoms with E-state index in [2.05, 4.69) is 10.6 Å². The second-order valence-corrected chi connectivity index (χ2v) is 7.46. The second kappa shape index (κ2) is 8.44. The molecule has 0 unspecified atom stereocenters. The van der Waals surface area contributed by atoms with Gasteiger partial charge < -0.3 is 10.6 Å². The highest BCUT2D eigenvalue weighted by Gasteiger charge is 2.50. The Bertz CT molecular complexity index is 1100. The lowest BCUT2D eigenvalue weighted by Gasteiger charge is -2.25. The number of imide groups is 1. The van der Waals surface area contributed by atoms with E-state index < -0.39 is 11.6 Å². The SMILES string of the molecule is CC[C@]1(c2ccccc2)NC(=O)N(Cc2ccc(C(=O)Nc3ccccc3)cc2)C1=O. The molecule has 0 saturated carbocycles. The summed E-state index contributed by atoms with van der Waals surface area (Å²) >= 11 is 0. The quantitative estimate of drug-likeness (QED) is 0.592. The number of urea groups is 1. The summed E-state index contributed by atoms with van der Waals surface area (Å²) < 4.78 is 0. The summed E-state index contributed by atoms with van der Waals surface area (Å²) in [5.74, 6) is -0.487. The molecular weight excluding hydrogens is 390 g/mol. The molecule has 3 aromatic carbocycles. The predicted molar refractivity (Wildman–Crippen MR) is 118 cm³/mol. The Hall–Kier alpha value is -3.93. The van der Waals surface area contributed by atoms with Crippen LogP contribution >= 0.6 is 0 Å². The summed E-state index contributed by atoms with van der Waals surface area (Å²) in [7, 11) is 0. The highest BCUT2D eigenvalue weighted by atomic mass is 16.2. The van der Waals surface area contributed by atoms with Gasteiger partial charge in [0.2, 0.25) is 0 Å². The third-order valence-corrected chi connectivity index (χ3v) is 5.56. The van der Waals surface area contributed by atoms with Crippen molar-refractivity contribution in [1.29, 1.82) is 0 Å². The Labute approximate surface area is 180 Å². The Morgan fingerprint density at radius 3 is 2.13 bits per heavy atom. The van der Waals surface area contributed by atoms with Gasteiger partial charge in [-0.1, -0.05) is 67.6 Å². The van der Waals surface area contributed by atoms with Crippen molar-refractivity contribution < 1.29 is 14.4 Å². The van der Waals surface area contributed by atoms with Crippen LogP contribution in [0.25, 0.3) is 0 Å². The van der Waals surface area contributed by atoms with Crippen molar-refractivity contribution in [1.82, 2.24) is 10.2 Å². The molecule has 1 aliphatic rings. The van der Waals surface area contributed by atoms with E-state index in [1.54, 1.807) is 24.3 Å². The molecule has 3 aromatic rings. The summed E-state index contributed by atoms with van der Waals surface area (Å²) in [4.78, 5) is 39.5. The summed E-state index contributed by atoms with van der Waals surface area (Å²) in [6, 6.07) is 25.0. The normalized spacial score (nSPS) is 18.0. The van der Waals surface area contributed by atoms with Crippen molar-refractivity contribution in [2.75, 3.05) is 5.32 Å². The van der Waals surface area contributed by atoms with Gasteiger partial charge in [-0.2, -0.15) is 0 Å². The van der Waals surface area contributed by atoms with Crippen molar-refractivity contribution in [2.45, 2.75) is 25.4 Å². The molecule has 31 heavy (non-hydrogen) atoms. The highest BCUT2D eigenvalue weighted by molar-refractivity contribution is 6.07. The van der Waals surface area contributed by atoms with Gasteiger partial charge in [0.15, 0.2) is 0 Å². The van der Waals surface area contributed by atoms with Crippen molar-refractivity contribution in [2.24, 2.45) is 0 Å². The number of carbonyl (C=O) groups excluding carboxylic acids is 3. The first kappa shape index (κ1) is 20.3. The molecule has 0 bridgehead atoms. The molecule has 0 aliphatic carbocycles. The van der Waals surface area contributed by atoms with E-state index in [-0.39, 0.29) is 18.4 Å². The second-order valence-electron chi connectivity index (χ2n) is 7.46. The zero-order valence-electron chi connectivity index (χ0n) is 17.2. The molecule has 0 radical (unpaired) electrons. The van der Waals surface area contributed by atoms with Gasteiger partial charge in [0, 0.05) is 11.3 Å². The lowest BCUT2D eigenvalue weighted by atomic mass is 9.87. The minimum atomic E-state index is -1.05. The molecule has 156 valence electrons. The van der Waals surface area contributed by atoms with Gasteiger partial charge in [0.05, 0.1) is 6.54 Å². The zero-order valence-corrected chi connectivity index (χ0v) is 17.2. The molecule has 6 nitrogen and oxygen atoms in total. The minimum absolute atomic E-state index is 0.139. The first-order valence-electron chi connectivity index (χ1n) is 10.2. The van der Waals surface area contributed by atoms with Crippen molar-refractivity contribution in [3.05, 3.63) is 102 Å². The van der Waals surface area contributed by atoms with Gasteiger partial charge in [-0.15, -0.1) is 0 Å². The summed E-state index contributed by atoms with van der Waals surface area (Å²) in [6.07, 6.45) is 0.455. The molecule has 4 amide bonds. The fraction of sp³-hybridized carbons (Fsp3) is 0.160. The average Bonchev–Trinajstić information content (AvgIpc) is 3.06. The van der Waals surface area contributed by atoms with Crippen LogP contribution in [0.2, 0.25) is 0 Å². The van der Waals surface area contributed by atoms with Crippen LogP contribution in [0.1, 0.15) is 34.8 Å². The number of hydrogen-bond donors (Lipinski definition) is 2. The molecule has 1 saturated heterocycles. The van der Waals surface area contributed by atoms with Crippen LogP contribution in [0.3, 0.4) is 0 Å². The molecule has 6 heteroatoms. The molecule has 1 fully saturated rings. The molecule has 1 heterocycles. The van der Waals surface area contributed by atoms with Gasteiger partial charge in [-0.25, -0.2) is 4.79 Å². The van der Waals surface area contributed by atoms with E-state index in [0.29, 0.717) is 17.7 Å². The lowest BCUT2D eigenvalue weighted by molar-refractivity contribution is -0.132. The number of nitrogens with one attached hydrogen (secondary N) is 2. The summed E-state index contributed by atoms with van der Waals surface area (Å²) in [5.41, 5.74) is 1.70. The average molecular weight is 413 g/mol. The zero-order chi connectivity index (χ0) is 21.8. The van der Waals surface area contributed by atoms with Crippen LogP contribution in [-0.2, 0) is 16.9 Å². The number of anilines is 1. The largest absolute Gasteiger partial charge is 0.325 e. The molecule has 0 spiro atoms. The Balaban J connectivity index is 1.48. The topological polar surface area (TPSA) is 78.5 Å². The van der Waals surface area contributed by atoms with Crippen molar-refractivity contribution in [3.8, 4) is 0 Å². The van der Waals surface area contributed by atoms with Gasteiger partial charge >= 0.3 is 6.03 Å². The fourth-order valence-electron chi connectivity index (χ4n) is 3.80. The maximum absolute atomic E-state index is 13.2. The number of nitrogens with zero attached hydrogens (tertiary/aromatic N) is 1. The van der Waals surface area contributed by atoms with Crippen molar-refractivity contribution >= 4 is 23.5 Å². The van der Waals surface area contributed by atoms with E-state index >= 15 is 0 Å².